The highest BCUT2D eigenvalue weighted by Crippen LogP contribution is 2.44. The maximum Gasteiger partial charge on any atom is 0.416 e. The molecule has 0 unspecified atom stereocenters. The number of carbonyl (C=O) groups is 2. The van der Waals surface area contributed by atoms with Gasteiger partial charge in [-0.25, -0.2) is 4.68 Å². The van der Waals surface area contributed by atoms with E-state index in [0.29, 0.717) is 18.1 Å². The number of benzene rings is 2. The Kier molecular flexibility index (Phi) is 6.32. The Labute approximate surface area is 214 Å². The lowest BCUT2D eigenvalue weighted by atomic mass is 9.85. The minimum atomic E-state index is -4.60. The van der Waals surface area contributed by atoms with Crippen LogP contribution in [0.15, 0.2) is 66.3 Å². The Morgan fingerprint density at radius 3 is 2.54 bits per heavy atom. The predicted octanol–water partition coefficient (Wildman–Crippen LogP) is 4.95. The molecule has 4 aromatic rings. The normalized spacial score (nSPS) is 17.5. The number of anilines is 1. The number of rotatable bonds is 5. The number of hydrogen-bond acceptors (Lipinski definition) is 5. The van der Waals surface area contributed by atoms with Crippen molar-refractivity contribution < 1.29 is 22.8 Å². The number of amides is 2. The summed E-state index contributed by atoms with van der Waals surface area (Å²) in [6, 6.07) is 12.5. The summed E-state index contributed by atoms with van der Waals surface area (Å²) in [5, 5.41) is 7.46. The lowest BCUT2D eigenvalue weighted by Gasteiger charge is -2.37. The second kappa shape index (κ2) is 9.47. The van der Waals surface area contributed by atoms with E-state index in [1.54, 1.807) is 21.3 Å². The van der Waals surface area contributed by atoms with Crippen molar-refractivity contribution in [3.05, 3.63) is 93.6 Å². The summed E-state index contributed by atoms with van der Waals surface area (Å²) in [5.41, 5.74) is 2.70. The first-order valence-electron chi connectivity index (χ1n) is 11.5. The lowest BCUT2D eigenvalue weighted by Crippen LogP contribution is -2.55. The molecule has 0 aliphatic carbocycles. The fourth-order valence-corrected chi connectivity index (χ4v) is 5.45. The Bertz CT molecular complexity index is 1450. The second-order valence-electron chi connectivity index (χ2n) is 8.56. The van der Waals surface area contributed by atoms with Gasteiger partial charge in [-0.1, -0.05) is 24.3 Å². The number of hydrogen-bond donors (Lipinski definition) is 1. The predicted molar refractivity (Wildman–Crippen MR) is 133 cm³/mol. The number of alkyl halides is 3. The van der Waals surface area contributed by atoms with E-state index in [0.717, 1.165) is 28.3 Å². The van der Waals surface area contributed by atoms with Crippen LogP contribution in [0.3, 0.4) is 0 Å². The number of likely N-dealkylation sites (N-methyl/N-ethyl adjacent to an activating group) is 1. The van der Waals surface area contributed by atoms with Gasteiger partial charge in [-0.05, 0) is 44.2 Å². The van der Waals surface area contributed by atoms with Gasteiger partial charge in [0.1, 0.15) is 11.9 Å². The highest BCUT2D eigenvalue weighted by Gasteiger charge is 2.46. The minimum Gasteiger partial charge on any atom is -0.339 e. The third kappa shape index (κ3) is 4.39. The van der Waals surface area contributed by atoms with Crippen LogP contribution in [0.1, 0.15) is 44.9 Å². The number of halogens is 3. The van der Waals surface area contributed by atoms with Crippen LogP contribution >= 0.6 is 11.3 Å². The van der Waals surface area contributed by atoms with Crippen LogP contribution in [0, 0.1) is 6.92 Å². The fraction of sp³-hybridized carbons (Fsp3) is 0.231. The average molecular weight is 526 g/mol. The van der Waals surface area contributed by atoms with Crippen molar-refractivity contribution in [2.24, 2.45) is 0 Å². The lowest BCUT2D eigenvalue weighted by molar-refractivity contribution is -0.137. The zero-order valence-electron chi connectivity index (χ0n) is 19.9. The number of nitrogens with one attached hydrogen (secondary N) is 1. The monoisotopic (exact) mass is 525 g/mol. The van der Waals surface area contributed by atoms with Gasteiger partial charge in [0, 0.05) is 28.7 Å². The number of para-hydroxylation sites is 1. The summed E-state index contributed by atoms with van der Waals surface area (Å²) in [7, 11) is 0. The molecule has 2 amide bonds. The van der Waals surface area contributed by atoms with E-state index in [1.165, 1.54) is 23.5 Å². The molecular formula is C26H22F3N5O2S. The number of aromatic nitrogens is 3. The molecule has 1 aliphatic heterocycles. The average Bonchev–Trinajstić information content (AvgIpc) is 3.53. The van der Waals surface area contributed by atoms with Gasteiger partial charge in [0.2, 0.25) is 0 Å². The van der Waals surface area contributed by atoms with Crippen molar-refractivity contribution in [3.63, 3.8) is 0 Å². The van der Waals surface area contributed by atoms with Gasteiger partial charge in [-0.3, -0.25) is 19.5 Å². The maximum atomic E-state index is 13.9. The molecule has 2 atom stereocenters. The zero-order valence-corrected chi connectivity index (χ0v) is 20.7. The third-order valence-electron chi connectivity index (χ3n) is 6.33. The van der Waals surface area contributed by atoms with Gasteiger partial charge in [-0.2, -0.15) is 18.3 Å². The fourth-order valence-electron chi connectivity index (χ4n) is 4.68. The zero-order chi connectivity index (χ0) is 26.3. The molecule has 3 heterocycles. The SMILES string of the molecule is CCN1C(=O)[C@@H](NC(=O)c2cccc(C(F)(F)F)c2)[C@@H](c2cncs2)c2c(C)nn(-c3ccccc3)c21. The molecule has 37 heavy (non-hydrogen) atoms. The third-order valence-corrected chi connectivity index (χ3v) is 7.19. The Morgan fingerprint density at radius 1 is 1.14 bits per heavy atom. The standard InChI is InChI=1S/C26H22F3N5O2S/c1-3-33-24-20(15(2)32-34(24)18-10-5-4-6-11-18)21(19-13-30-14-37-19)22(25(33)36)31-23(35)16-8-7-9-17(12-16)26(27,28)29/h4-14,21-22H,3H2,1-2H3,(H,31,35)/t21-,22-/m0/s1. The first kappa shape index (κ1) is 24.7. The summed E-state index contributed by atoms with van der Waals surface area (Å²) in [6.45, 7) is 3.95. The summed E-state index contributed by atoms with van der Waals surface area (Å²) in [4.78, 5) is 33.5. The molecule has 1 aliphatic rings. The van der Waals surface area contributed by atoms with E-state index < -0.39 is 29.6 Å². The van der Waals surface area contributed by atoms with Crippen LogP contribution in [0.4, 0.5) is 19.0 Å². The Hall–Kier alpha value is -3.99. The quantitative estimate of drug-likeness (QED) is 0.400. The number of fused-ring (bicyclic) bond motifs is 1. The molecule has 190 valence electrons. The van der Waals surface area contributed by atoms with Crippen molar-refractivity contribution in [3.8, 4) is 5.69 Å². The highest BCUT2D eigenvalue weighted by molar-refractivity contribution is 7.09. The van der Waals surface area contributed by atoms with Crippen LogP contribution in [-0.4, -0.2) is 39.2 Å². The van der Waals surface area contributed by atoms with Crippen molar-refractivity contribution in [1.82, 2.24) is 20.1 Å². The molecule has 5 rings (SSSR count). The van der Waals surface area contributed by atoms with Crippen molar-refractivity contribution in [2.75, 3.05) is 11.4 Å². The molecular weight excluding hydrogens is 503 g/mol. The van der Waals surface area contributed by atoms with E-state index in [2.05, 4.69) is 10.3 Å². The number of carbonyl (C=O) groups excluding carboxylic acids is 2. The van der Waals surface area contributed by atoms with Crippen LogP contribution in [0.5, 0.6) is 0 Å². The van der Waals surface area contributed by atoms with Crippen molar-refractivity contribution >= 4 is 29.0 Å². The largest absolute Gasteiger partial charge is 0.416 e. The molecule has 1 N–H and O–H groups in total. The molecule has 2 aromatic heterocycles. The van der Waals surface area contributed by atoms with Gasteiger partial charge in [0.25, 0.3) is 11.8 Å². The van der Waals surface area contributed by atoms with Gasteiger partial charge >= 0.3 is 6.18 Å². The first-order valence-corrected chi connectivity index (χ1v) is 12.4. The van der Waals surface area contributed by atoms with E-state index >= 15 is 0 Å². The van der Waals surface area contributed by atoms with Gasteiger partial charge in [-0.15, -0.1) is 11.3 Å². The van der Waals surface area contributed by atoms with Crippen LogP contribution in [-0.2, 0) is 11.0 Å². The Balaban J connectivity index is 1.62. The van der Waals surface area contributed by atoms with Gasteiger partial charge < -0.3 is 5.32 Å². The smallest absolute Gasteiger partial charge is 0.339 e. The van der Waals surface area contributed by atoms with Crippen molar-refractivity contribution in [2.45, 2.75) is 32.0 Å². The van der Waals surface area contributed by atoms with Gasteiger partial charge in [0.15, 0.2) is 0 Å². The summed E-state index contributed by atoms with van der Waals surface area (Å²) >= 11 is 1.33. The second-order valence-corrected chi connectivity index (χ2v) is 9.48. The number of thiazole rings is 1. The molecule has 0 fully saturated rings. The maximum absolute atomic E-state index is 13.9. The highest BCUT2D eigenvalue weighted by atomic mass is 32.1. The van der Waals surface area contributed by atoms with E-state index in [9.17, 15) is 22.8 Å². The summed E-state index contributed by atoms with van der Waals surface area (Å²) < 4.78 is 41.4. The molecule has 0 saturated carbocycles. The topological polar surface area (TPSA) is 80.1 Å². The molecule has 2 aromatic carbocycles. The van der Waals surface area contributed by atoms with E-state index in [-0.39, 0.29) is 11.5 Å². The molecule has 0 bridgehead atoms. The van der Waals surface area contributed by atoms with Crippen LogP contribution in [0.25, 0.3) is 5.69 Å². The Morgan fingerprint density at radius 2 is 1.89 bits per heavy atom. The molecule has 0 radical (unpaired) electrons. The summed E-state index contributed by atoms with van der Waals surface area (Å²) in [5.74, 6) is -1.18. The van der Waals surface area contributed by atoms with Gasteiger partial charge in [0.05, 0.1) is 28.4 Å². The van der Waals surface area contributed by atoms with Crippen LogP contribution in [0.2, 0.25) is 0 Å². The molecule has 0 spiro atoms. The first-order chi connectivity index (χ1) is 17.7. The molecule has 7 nitrogen and oxygen atoms in total. The van der Waals surface area contributed by atoms with Crippen LogP contribution < -0.4 is 10.2 Å². The summed E-state index contributed by atoms with van der Waals surface area (Å²) in [6.07, 6.45) is -2.96. The molecule has 11 heteroatoms. The van der Waals surface area contributed by atoms with Crippen molar-refractivity contribution in [1.29, 1.82) is 0 Å². The van der Waals surface area contributed by atoms with E-state index in [1.807, 2.05) is 44.2 Å². The number of nitrogens with zero attached hydrogens (tertiary/aromatic N) is 4. The number of aryl methyl sites for hydroxylation is 1. The minimum absolute atomic E-state index is 0.184. The molecule has 0 saturated heterocycles. The van der Waals surface area contributed by atoms with E-state index in [4.69, 9.17) is 5.10 Å².